The van der Waals surface area contributed by atoms with Gasteiger partial charge >= 0.3 is 12.0 Å². The number of amides is 2. The van der Waals surface area contributed by atoms with E-state index in [4.69, 9.17) is 5.11 Å². The lowest BCUT2D eigenvalue weighted by molar-refractivity contribution is 0.0464. The van der Waals surface area contributed by atoms with E-state index in [2.05, 4.69) is 5.32 Å². The molecular weight excluding hydrogens is 279 g/mol. The van der Waals surface area contributed by atoms with Gasteiger partial charge in [-0.05, 0) is 30.5 Å². The van der Waals surface area contributed by atoms with Crippen LogP contribution in [0.15, 0.2) is 18.2 Å². The fourth-order valence-electron chi connectivity index (χ4n) is 2.20. The van der Waals surface area contributed by atoms with E-state index in [0.29, 0.717) is 13.0 Å². The SMILES string of the molecule is CC1CCN(C(=O)Nc2ccc(F)c(C(=O)O)c2)CC1O. The fourth-order valence-corrected chi connectivity index (χ4v) is 2.20. The number of halogens is 1. The highest BCUT2D eigenvalue weighted by Gasteiger charge is 2.27. The number of carboxylic acids is 1. The van der Waals surface area contributed by atoms with Crippen molar-refractivity contribution in [3.63, 3.8) is 0 Å². The molecule has 1 aromatic rings. The van der Waals surface area contributed by atoms with Crippen molar-refractivity contribution in [2.75, 3.05) is 18.4 Å². The molecule has 0 aliphatic carbocycles. The standard InChI is InChI=1S/C14H17FN2O4/c1-8-4-5-17(7-12(8)18)14(21)16-9-2-3-11(15)10(6-9)13(19)20/h2-3,6,8,12,18H,4-5,7H2,1H3,(H,16,21)(H,19,20). The molecule has 1 fully saturated rings. The molecule has 2 atom stereocenters. The van der Waals surface area contributed by atoms with Gasteiger partial charge in [0, 0.05) is 18.8 Å². The molecular formula is C14H17FN2O4. The number of carboxylic acid groups (broad SMARTS) is 1. The number of β-amino-alcohol motifs (C(OH)–C–C–N with tert-alkyl or cyclic N) is 1. The normalized spacial score (nSPS) is 22.0. The number of likely N-dealkylation sites (tertiary alicyclic amines) is 1. The quantitative estimate of drug-likeness (QED) is 0.775. The number of urea groups is 1. The van der Waals surface area contributed by atoms with Crippen LogP contribution in [0.3, 0.4) is 0 Å². The summed E-state index contributed by atoms with van der Waals surface area (Å²) >= 11 is 0. The first-order chi connectivity index (χ1) is 9.88. The number of aliphatic hydroxyl groups is 1. The summed E-state index contributed by atoms with van der Waals surface area (Å²) in [6.07, 6.45) is 0.116. The monoisotopic (exact) mass is 296 g/mol. The number of aromatic carboxylic acids is 1. The summed E-state index contributed by atoms with van der Waals surface area (Å²) in [5.41, 5.74) is -0.299. The van der Waals surface area contributed by atoms with Crippen LogP contribution in [0.2, 0.25) is 0 Å². The molecule has 0 saturated carbocycles. The molecule has 21 heavy (non-hydrogen) atoms. The number of carbonyl (C=O) groups excluding carboxylic acids is 1. The molecule has 2 rings (SSSR count). The number of nitrogens with one attached hydrogen (secondary N) is 1. The highest BCUT2D eigenvalue weighted by molar-refractivity contribution is 5.93. The Bertz CT molecular complexity index is 564. The van der Waals surface area contributed by atoms with Crippen LogP contribution < -0.4 is 5.32 Å². The molecule has 0 radical (unpaired) electrons. The summed E-state index contributed by atoms with van der Waals surface area (Å²) in [5.74, 6) is -2.12. The molecule has 6 nitrogen and oxygen atoms in total. The van der Waals surface area contributed by atoms with Gasteiger partial charge in [0.15, 0.2) is 0 Å². The summed E-state index contributed by atoms with van der Waals surface area (Å²) in [4.78, 5) is 24.3. The molecule has 1 heterocycles. The third-order valence-corrected chi connectivity index (χ3v) is 3.65. The number of carbonyl (C=O) groups is 2. The molecule has 1 aliphatic rings. The summed E-state index contributed by atoms with van der Waals surface area (Å²) < 4.78 is 13.3. The average Bonchev–Trinajstić information content (AvgIpc) is 2.43. The zero-order valence-electron chi connectivity index (χ0n) is 11.5. The first kappa shape index (κ1) is 15.2. The van der Waals surface area contributed by atoms with Crippen molar-refractivity contribution in [3.8, 4) is 0 Å². The van der Waals surface area contributed by atoms with Gasteiger partial charge in [-0.25, -0.2) is 14.0 Å². The topological polar surface area (TPSA) is 89.9 Å². The second-order valence-corrected chi connectivity index (χ2v) is 5.21. The van der Waals surface area contributed by atoms with E-state index in [1.807, 2.05) is 6.92 Å². The van der Waals surface area contributed by atoms with Crippen molar-refractivity contribution in [2.24, 2.45) is 5.92 Å². The molecule has 0 spiro atoms. The van der Waals surface area contributed by atoms with Gasteiger partial charge in [-0.1, -0.05) is 6.92 Å². The smallest absolute Gasteiger partial charge is 0.338 e. The number of nitrogens with zero attached hydrogens (tertiary/aromatic N) is 1. The predicted molar refractivity (Wildman–Crippen MR) is 73.7 cm³/mol. The maximum atomic E-state index is 13.3. The Morgan fingerprint density at radius 3 is 2.76 bits per heavy atom. The number of aliphatic hydroxyl groups excluding tert-OH is 1. The summed E-state index contributed by atoms with van der Waals surface area (Å²) in [6, 6.07) is 2.91. The van der Waals surface area contributed by atoms with E-state index >= 15 is 0 Å². The van der Waals surface area contributed by atoms with Gasteiger partial charge in [0.1, 0.15) is 5.82 Å². The lowest BCUT2D eigenvalue weighted by Gasteiger charge is -2.34. The summed E-state index contributed by atoms with van der Waals surface area (Å²) in [6.45, 7) is 2.65. The van der Waals surface area contributed by atoms with E-state index in [-0.39, 0.29) is 18.2 Å². The zero-order chi connectivity index (χ0) is 15.6. The molecule has 2 amide bonds. The Morgan fingerprint density at radius 2 is 2.14 bits per heavy atom. The number of hydrogen-bond acceptors (Lipinski definition) is 3. The minimum Gasteiger partial charge on any atom is -0.478 e. The van der Waals surface area contributed by atoms with Crippen molar-refractivity contribution >= 4 is 17.7 Å². The van der Waals surface area contributed by atoms with E-state index in [1.165, 1.54) is 11.0 Å². The third-order valence-electron chi connectivity index (χ3n) is 3.65. The molecule has 7 heteroatoms. The van der Waals surface area contributed by atoms with E-state index in [1.54, 1.807) is 0 Å². The second-order valence-electron chi connectivity index (χ2n) is 5.21. The van der Waals surface area contributed by atoms with Crippen LogP contribution in [0.25, 0.3) is 0 Å². The minimum absolute atomic E-state index is 0.137. The van der Waals surface area contributed by atoms with Gasteiger partial charge in [0.25, 0.3) is 0 Å². The van der Waals surface area contributed by atoms with Crippen molar-refractivity contribution in [1.29, 1.82) is 0 Å². The Kier molecular flexibility index (Phi) is 4.42. The maximum Gasteiger partial charge on any atom is 0.338 e. The highest BCUT2D eigenvalue weighted by Crippen LogP contribution is 2.19. The van der Waals surface area contributed by atoms with Crippen LogP contribution in [-0.4, -0.2) is 46.3 Å². The largest absolute Gasteiger partial charge is 0.478 e. The van der Waals surface area contributed by atoms with Gasteiger partial charge in [-0.2, -0.15) is 0 Å². The number of rotatable bonds is 2. The number of piperidine rings is 1. The van der Waals surface area contributed by atoms with Gasteiger partial charge in [0.2, 0.25) is 0 Å². The van der Waals surface area contributed by atoms with Crippen LogP contribution in [0.4, 0.5) is 14.9 Å². The molecule has 114 valence electrons. The highest BCUT2D eigenvalue weighted by atomic mass is 19.1. The van der Waals surface area contributed by atoms with Gasteiger partial charge < -0.3 is 20.4 Å². The Balaban J connectivity index is 2.06. The summed E-state index contributed by atoms with van der Waals surface area (Å²) in [7, 11) is 0. The van der Waals surface area contributed by atoms with E-state index < -0.39 is 29.5 Å². The van der Waals surface area contributed by atoms with Crippen molar-refractivity contribution in [3.05, 3.63) is 29.6 Å². The summed E-state index contributed by atoms with van der Waals surface area (Å²) in [5, 5.41) is 21.1. The van der Waals surface area contributed by atoms with Crippen LogP contribution >= 0.6 is 0 Å². The number of benzene rings is 1. The molecule has 1 aromatic carbocycles. The molecule has 1 saturated heterocycles. The first-order valence-corrected chi connectivity index (χ1v) is 6.65. The number of anilines is 1. The first-order valence-electron chi connectivity index (χ1n) is 6.65. The van der Waals surface area contributed by atoms with Crippen LogP contribution in [-0.2, 0) is 0 Å². The predicted octanol–water partition coefficient (Wildman–Crippen LogP) is 1.76. The van der Waals surface area contributed by atoms with E-state index in [0.717, 1.165) is 12.1 Å². The van der Waals surface area contributed by atoms with Crippen LogP contribution in [0.1, 0.15) is 23.7 Å². The Labute approximate surface area is 121 Å². The molecule has 2 unspecified atom stereocenters. The van der Waals surface area contributed by atoms with E-state index in [9.17, 15) is 19.1 Å². The van der Waals surface area contributed by atoms with Crippen molar-refractivity contribution in [2.45, 2.75) is 19.4 Å². The second kappa shape index (κ2) is 6.09. The minimum atomic E-state index is -1.40. The lowest BCUT2D eigenvalue weighted by atomic mass is 9.96. The lowest BCUT2D eigenvalue weighted by Crippen LogP contribution is -2.47. The maximum absolute atomic E-state index is 13.3. The van der Waals surface area contributed by atoms with Crippen LogP contribution in [0, 0.1) is 11.7 Å². The van der Waals surface area contributed by atoms with Gasteiger partial charge in [-0.3, -0.25) is 0 Å². The molecule has 0 aromatic heterocycles. The third kappa shape index (κ3) is 3.49. The molecule has 3 N–H and O–H groups in total. The fraction of sp³-hybridized carbons (Fsp3) is 0.429. The number of hydrogen-bond donors (Lipinski definition) is 3. The van der Waals surface area contributed by atoms with Crippen molar-refractivity contribution < 1.29 is 24.2 Å². The Morgan fingerprint density at radius 1 is 1.43 bits per heavy atom. The van der Waals surface area contributed by atoms with Crippen LogP contribution in [0.5, 0.6) is 0 Å². The molecule has 1 aliphatic heterocycles. The van der Waals surface area contributed by atoms with Gasteiger partial charge in [0.05, 0.1) is 11.7 Å². The van der Waals surface area contributed by atoms with Crippen molar-refractivity contribution in [1.82, 2.24) is 4.90 Å². The molecule has 0 bridgehead atoms. The zero-order valence-corrected chi connectivity index (χ0v) is 11.5. The Hall–Kier alpha value is -2.15. The van der Waals surface area contributed by atoms with Gasteiger partial charge in [-0.15, -0.1) is 0 Å². The average molecular weight is 296 g/mol.